The summed E-state index contributed by atoms with van der Waals surface area (Å²) in [5, 5.41) is 10.3. The molecule has 2 N–H and O–H groups in total. The number of rotatable bonds is 1. The van der Waals surface area contributed by atoms with Gasteiger partial charge in [0.2, 0.25) is 5.91 Å². The molecule has 3 aliphatic rings. The van der Waals surface area contributed by atoms with Crippen molar-refractivity contribution in [1.82, 2.24) is 0 Å². The van der Waals surface area contributed by atoms with Gasteiger partial charge in [-0.3, -0.25) is 14.5 Å². The summed E-state index contributed by atoms with van der Waals surface area (Å²) in [7, 11) is 1.64. The topological polar surface area (TPSA) is 90.4 Å². The van der Waals surface area contributed by atoms with Crippen LogP contribution in [0.1, 0.15) is 32.3 Å². The number of hydrogen-bond donors (Lipinski definition) is 1. The maximum absolute atomic E-state index is 13.9. The molecular formula is C26H23FN4O2. The molecule has 0 fully saturated rings. The molecular weight excluding hydrogens is 419 g/mol. The molecule has 2 aromatic carbocycles. The van der Waals surface area contributed by atoms with Gasteiger partial charge in [0.1, 0.15) is 23.1 Å². The van der Waals surface area contributed by atoms with Crippen LogP contribution in [0, 0.1) is 22.6 Å². The molecule has 0 aromatic heterocycles. The van der Waals surface area contributed by atoms with Crippen molar-refractivity contribution >= 4 is 23.1 Å². The summed E-state index contributed by atoms with van der Waals surface area (Å²) < 4.78 is 13.7. The lowest BCUT2D eigenvalue weighted by molar-refractivity contribution is -0.124. The molecule has 7 heteroatoms. The molecule has 1 aliphatic carbocycles. The van der Waals surface area contributed by atoms with E-state index in [2.05, 4.69) is 6.07 Å². The van der Waals surface area contributed by atoms with Crippen LogP contribution in [-0.4, -0.2) is 18.7 Å². The molecule has 0 saturated carbocycles. The number of anilines is 2. The van der Waals surface area contributed by atoms with Crippen molar-refractivity contribution in [1.29, 1.82) is 5.26 Å². The normalized spacial score (nSPS) is 23.7. The number of fused-ring (bicyclic) bond motifs is 3. The monoisotopic (exact) mass is 442 g/mol. The number of hydrogen-bond acceptors (Lipinski definition) is 5. The highest BCUT2D eigenvalue weighted by atomic mass is 19.1. The second-order valence-electron chi connectivity index (χ2n) is 9.58. The maximum Gasteiger partial charge on any atom is 0.247 e. The number of allylic oxidation sites excluding steroid dienone is 1. The second-order valence-corrected chi connectivity index (χ2v) is 9.58. The molecule has 0 unspecified atom stereocenters. The maximum atomic E-state index is 13.9. The Morgan fingerprint density at radius 2 is 1.73 bits per heavy atom. The molecule has 1 spiro atoms. The Morgan fingerprint density at radius 3 is 2.39 bits per heavy atom. The van der Waals surface area contributed by atoms with Gasteiger partial charge in [-0.1, -0.05) is 32.0 Å². The van der Waals surface area contributed by atoms with Crippen molar-refractivity contribution in [2.75, 3.05) is 16.8 Å². The number of nitriles is 1. The Bertz CT molecular complexity index is 1330. The average molecular weight is 442 g/mol. The van der Waals surface area contributed by atoms with Gasteiger partial charge in [-0.2, -0.15) is 5.26 Å². The predicted octanol–water partition coefficient (Wildman–Crippen LogP) is 3.90. The Balaban J connectivity index is 1.91. The number of para-hydroxylation sites is 1. The van der Waals surface area contributed by atoms with E-state index in [1.54, 1.807) is 42.3 Å². The lowest BCUT2D eigenvalue weighted by Gasteiger charge is -2.46. The fourth-order valence-electron chi connectivity index (χ4n) is 5.55. The quantitative estimate of drug-likeness (QED) is 0.724. The van der Waals surface area contributed by atoms with Crippen molar-refractivity contribution in [2.45, 2.75) is 32.1 Å². The van der Waals surface area contributed by atoms with Crippen molar-refractivity contribution in [3.63, 3.8) is 0 Å². The van der Waals surface area contributed by atoms with Gasteiger partial charge in [0.05, 0.1) is 5.57 Å². The second kappa shape index (κ2) is 6.79. The van der Waals surface area contributed by atoms with Crippen LogP contribution < -0.4 is 15.5 Å². The minimum atomic E-state index is -1.59. The number of nitrogens with zero attached hydrogens (tertiary/aromatic N) is 3. The van der Waals surface area contributed by atoms with E-state index in [0.717, 1.165) is 0 Å². The number of carbonyl (C=O) groups excluding carboxylic acids is 2. The van der Waals surface area contributed by atoms with Crippen LogP contribution in [0.5, 0.6) is 0 Å². The van der Waals surface area contributed by atoms with Crippen molar-refractivity contribution in [3.05, 3.63) is 82.6 Å². The molecule has 166 valence electrons. The molecule has 33 heavy (non-hydrogen) atoms. The summed E-state index contributed by atoms with van der Waals surface area (Å²) >= 11 is 0. The van der Waals surface area contributed by atoms with Crippen LogP contribution in [0.4, 0.5) is 15.8 Å². The third-order valence-electron chi connectivity index (χ3n) is 6.86. The fourth-order valence-corrected chi connectivity index (χ4v) is 5.55. The minimum Gasteiger partial charge on any atom is -0.384 e. The summed E-state index contributed by atoms with van der Waals surface area (Å²) in [5.41, 5.74) is 7.30. The van der Waals surface area contributed by atoms with Crippen LogP contribution in [-0.2, 0) is 15.0 Å². The molecule has 1 atom stereocenters. The average Bonchev–Trinajstić information content (AvgIpc) is 2.97. The lowest BCUT2D eigenvalue weighted by Crippen LogP contribution is -2.53. The Morgan fingerprint density at radius 1 is 1.06 bits per heavy atom. The summed E-state index contributed by atoms with van der Waals surface area (Å²) in [5.74, 6) is -0.896. The molecule has 0 radical (unpaired) electrons. The van der Waals surface area contributed by atoms with Gasteiger partial charge in [0.15, 0.2) is 5.78 Å². The molecule has 6 nitrogen and oxygen atoms in total. The van der Waals surface area contributed by atoms with E-state index in [0.29, 0.717) is 34.6 Å². The predicted molar refractivity (Wildman–Crippen MR) is 122 cm³/mol. The summed E-state index contributed by atoms with van der Waals surface area (Å²) in [6, 6.07) is 15.1. The Labute approximate surface area is 191 Å². The van der Waals surface area contributed by atoms with E-state index < -0.39 is 11.2 Å². The van der Waals surface area contributed by atoms with Crippen LogP contribution in [0.2, 0.25) is 0 Å². The molecule has 5 rings (SSSR count). The van der Waals surface area contributed by atoms with Gasteiger partial charge < -0.3 is 10.6 Å². The number of halogens is 1. The van der Waals surface area contributed by atoms with Gasteiger partial charge in [-0.15, -0.1) is 0 Å². The Kier molecular flexibility index (Phi) is 4.31. The van der Waals surface area contributed by atoms with Gasteiger partial charge in [-0.25, -0.2) is 4.39 Å². The lowest BCUT2D eigenvalue weighted by atomic mass is 9.60. The third kappa shape index (κ3) is 2.64. The van der Waals surface area contributed by atoms with E-state index >= 15 is 0 Å². The fraction of sp³-hybridized carbons (Fsp3) is 0.269. The highest BCUT2D eigenvalue weighted by Gasteiger charge is 2.62. The minimum absolute atomic E-state index is 0.0143. The number of carbonyl (C=O) groups is 2. The van der Waals surface area contributed by atoms with Crippen LogP contribution in [0.25, 0.3) is 0 Å². The summed E-state index contributed by atoms with van der Waals surface area (Å²) in [4.78, 5) is 30.8. The van der Waals surface area contributed by atoms with E-state index in [1.165, 1.54) is 17.0 Å². The number of Topliss-reactive ketones (excluding diaryl/α,β-unsaturated/α-hetero) is 1. The highest BCUT2D eigenvalue weighted by molar-refractivity contribution is 6.20. The number of benzene rings is 2. The first-order chi connectivity index (χ1) is 15.6. The number of likely N-dealkylation sites (N-methyl/N-ethyl adjacent to an activating group) is 1. The zero-order valence-corrected chi connectivity index (χ0v) is 18.6. The summed E-state index contributed by atoms with van der Waals surface area (Å²) in [6.07, 6.45) is 0.703. The van der Waals surface area contributed by atoms with E-state index in [1.807, 2.05) is 19.9 Å². The number of nitrogens with two attached hydrogens (primary N) is 1. The first-order valence-electron chi connectivity index (χ1n) is 10.7. The van der Waals surface area contributed by atoms with Gasteiger partial charge in [0.25, 0.3) is 0 Å². The van der Waals surface area contributed by atoms with Crippen LogP contribution in [0.15, 0.2) is 71.2 Å². The first kappa shape index (κ1) is 21.0. The SMILES string of the molecule is CN1C(=O)[C@]2(C(C#N)=C(N)N(c3ccc(F)cc3)C3=C2C(=O)CC(C)(C)C3)c2ccccc21. The molecule has 2 aliphatic heterocycles. The van der Waals surface area contributed by atoms with Gasteiger partial charge >= 0.3 is 0 Å². The molecule has 1 amide bonds. The zero-order chi connectivity index (χ0) is 23.7. The molecule has 0 saturated heterocycles. The largest absolute Gasteiger partial charge is 0.384 e. The number of amides is 1. The van der Waals surface area contributed by atoms with Crippen molar-refractivity contribution in [3.8, 4) is 6.07 Å². The van der Waals surface area contributed by atoms with Gasteiger partial charge in [-0.05, 0) is 42.2 Å². The molecule has 2 aromatic rings. The van der Waals surface area contributed by atoms with E-state index in [-0.39, 0.29) is 34.9 Å². The molecule has 0 bridgehead atoms. The molecule has 2 heterocycles. The number of ketones is 1. The van der Waals surface area contributed by atoms with E-state index in [9.17, 15) is 19.2 Å². The smallest absolute Gasteiger partial charge is 0.247 e. The Hall–Kier alpha value is -3.92. The highest BCUT2D eigenvalue weighted by Crippen LogP contribution is 2.58. The summed E-state index contributed by atoms with van der Waals surface area (Å²) in [6.45, 7) is 3.97. The van der Waals surface area contributed by atoms with E-state index in [4.69, 9.17) is 5.73 Å². The van der Waals surface area contributed by atoms with Crippen LogP contribution in [0.3, 0.4) is 0 Å². The standard InChI is InChI=1S/C26H23FN4O2/c1-25(2)12-20-22(21(32)13-25)26(17-6-4-5-7-19(17)30(3)24(26)33)18(14-28)23(29)31(20)16-10-8-15(27)9-11-16/h4-11H,12-13,29H2,1-3H3/t26-/m0/s1. The van der Waals surface area contributed by atoms with Crippen LogP contribution >= 0.6 is 0 Å². The van der Waals surface area contributed by atoms with Crippen molar-refractivity contribution in [2.24, 2.45) is 11.1 Å². The third-order valence-corrected chi connectivity index (χ3v) is 6.86. The van der Waals surface area contributed by atoms with Gasteiger partial charge in [0, 0.05) is 41.7 Å². The first-order valence-corrected chi connectivity index (χ1v) is 10.7. The van der Waals surface area contributed by atoms with Crippen molar-refractivity contribution < 1.29 is 14.0 Å². The zero-order valence-electron chi connectivity index (χ0n) is 18.6.